The first-order chi connectivity index (χ1) is 9.94. The van der Waals surface area contributed by atoms with Crippen LogP contribution < -0.4 is 16.0 Å². The lowest BCUT2D eigenvalue weighted by Crippen LogP contribution is -2.55. The van der Waals surface area contributed by atoms with Gasteiger partial charge in [0, 0.05) is 24.8 Å². The first-order valence-corrected chi connectivity index (χ1v) is 7.53. The van der Waals surface area contributed by atoms with Gasteiger partial charge in [-0.25, -0.2) is 4.39 Å². The minimum atomic E-state index is -0.686. The first-order valence-electron chi connectivity index (χ1n) is 7.53. The number of anilines is 1. The third kappa shape index (κ3) is 4.17. The maximum atomic E-state index is 13.0. The van der Waals surface area contributed by atoms with E-state index in [0.717, 1.165) is 25.1 Å². The Morgan fingerprint density at radius 3 is 2.52 bits per heavy atom. The van der Waals surface area contributed by atoms with Crippen LogP contribution in [-0.4, -0.2) is 30.6 Å². The number of hydrogen-bond donors (Lipinski definition) is 2. The summed E-state index contributed by atoms with van der Waals surface area (Å²) in [6.45, 7) is 5.40. The number of benzene rings is 1. The summed E-state index contributed by atoms with van der Waals surface area (Å²) in [6.07, 6.45) is 2.85. The fourth-order valence-corrected chi connectivity index (χ4v) is 2.42. The SMILES string of the molecule is CCN(CCC(C)(NC1CC1)C(N)=O)c1ccc(F)cc1. The summed E-state index contributed by atoms with van der Waals surface area (Å²) in [6, 6.07) is 6.84. The van der Waals surface area contributed by atoms with E-state index in [1.807, 2.05) is 13.8 Å². The Kier molecular flexibility index (Phi) is 4.83. The molecule has 21 heavy (non-hydrogen) atoms. The molecule has 3 N–H and O–H groups in total. The van der Waals surface area contributed by atoms with E-state index in [4.69, 9.17) is 5.73 Å². The Hall–Kier alpha value is -1.62. The van der Waals surface area contributed by atoms with E-state index < -0.39 is 5.54 Å². The standard InChI is InChI=1S/C16H24FN3O/c1-3-20(14-8-4-12(17)5-9-14)11-10-16(2,15(18)21)19-13-6-7-13/h4-5,8-9,13,19H,3,6-7,10-11H2,1-2H3,(H2,18,21). The smallest absolute Gasteiger partial charge is 0.237 e. The average molecular weight is 293 g/mol. The van der Waals surface area contributed by atoms with Crippen LogP contribution in [0.1, 0.15) is 33.1 Å². The van der Waals surface area contributed by atoms with Crippen LogP contribution >= 0.6 is 0 Å². The Morgan fingerprint density at radius 1 is 1.43 bits per heavy atom. The van der Waals surface area contributed by atoms with Crippen LogP contribution in [0.25, 0.3) is 0 Å². The van der Waals surface area contributed by atoms with Crippen molar-refractivity contribution in [2.24, 2.45) is 5.73 Å². The number of primary amides is 1. The average Bonchev–Trinajstić information content (AvgIpc) is 3.25. The highest BCUT2D eigenvalue weighted by Crippen LogP contribution is 2.25. The lowest BCUT2D eigenvalue weighted by Gasteiger charge is -2.31. The van der Waals surface area contributed by atoms with Gasteiger partial charge in [-0.05, 0) is 57.4 Å². The predicted molar refractivity (Wildman–Crippen MR) is 82.7 cm³/mol. The van der Waals surface area contributed by atoms with Gasteiger partial charge in [-0.15, -0.1) is 0 Å². The predicted octanol–water partition coefficient (Wildman–Crippen LogP) is 2.04. The second-order valence-electron chi connectivity index (χ2n) is 5.92. The van der Waals surface area contributed by atoms with Gasteiger partial charge in [-0.2, -0.15) is 0 Å². The van der Waals surface area contributed by atoms with Gasteiger partial charge in [-0.1, -0.05) is 0 Å². The molecule has 0 heterocycles. The van der Waals surface area contributed by atoms with Crippen molar-refractivity contribution < 1.29 is 9.18 Å². The van der Waals surface area contributed by atoms with Crippen LogP contribution in [0.15, 0.2) is 24.3 Å². The summed E-state index contributed by atoms with van der Waals surface area (Å²) in [7, 11) is 0. The Morgan fingerprint density at radius 2 is 2.05 bits per heavy atom. The van der Waals surface area contributed by atoms with E-state index in [2.05, 4.69) is 10.2 Å². The fourth-order valence-electron chi connectivity index (χ4n) is 2.42. The highest BCUT2D eigenvalue weighted by atomic mass is 19.1. The maximum absolute atomic E-state index is 13.0. The number of carbonyl (C=O) groups excluding carboxylic acids is 1. The van der Waals surface area contributed by atoms with Crippen molar-refractivity contribution in [3.63, 3.8) is 0 Å². The van der Waals surface area contributed by atoms with Gasteiger partial charge in [0.2, 0.25) is 5.91 Å². The zero-order valence-corrected chi connectivity index (χ0v) is 12.7. The zero-order valence-electron chi connectivity index (χ0n) is 12.7. The summed E-state index contributed by atoms with van der Waals surface area (Å²) < 4.78 is 13.0. The molecule has 1 aromatic rings. The number of carbonyl (C=O) groups is 1. The van der Waals surface area contributed by atoms with Gasteiger partial charge in [0.15, 0.2) is 0 Å². The van der Waals surface area contributed by atoms with Gasteiger partial charge in [0.05, 0.1) is 5.54 Å². The normalized spacial score (nSPS) is 17.3. The minimum absolute atomic E-state index is 0.243. The third-order valence-corrected chi connectivity index (χ3v) is 4.10. The molecule has 0 saturated heterocycles. The number of amides is 1. The number of nitrogens with two attached hydrogens (primary N) is 1. The van der Waals surface area contributed by atoms with Crippen molar-refractivity contribution in [2.45, 2.75) is 44.7 Å². The Labute approximate surface area is 125 Å². The highest BCUT2D eigenvalue weighted by Gasteiger charge is 2.36. The van der Waals surface area contributed by atoms with Crippen LogP contribution in [0.4, 0.5) is 10.1 Å². The lowest BCUT2D eigenvalue weighted by molar-refractivity contribution is -0.124. The van der Waals surface area contributed by atoms with E-state index in [1.165, 1.54) is 12.1 Å². The number of nitrogens with zero attached hydrogens (tertiary/aromatic N) is 1. The molecule has 1 atom stereocenters. The molecule has 1 unspecified atom stereocenters. The number of rotatable bonds is 8. The molecule has 0 aromatic heterocycles. The maximum Gasteiger partial charge on any atom is 0.237 e. The van der Waals surface area contributed by atoms with Crippen LogP contribution in [0.5, 0.6) is 0 Å². The van der Waals surface area contributed by atoms with Gasteiger partial charge in [-0.3, -0.25) is 4.79 Å². The summed E-state index contributed by atoms with van der Waals surface area (Å²) in [5.74, 6) is -0.559. The second kappa shape index (κ2) is 6.43. The van der Waals surface area contributed by atoms with E-state index in [1.54, 1.807) is 12.1 Å². The molecule has 1 amide bonds. The molecular formula is C16H24FN3O. The molecule has 116 valence electrons. The van der Waals surface area contributed by atoms with Crippen molar-refractivity contribution in [3.8, 4) is 0 Å². The lowest BCUT2D eigenvalue weighted by atomic mass is 9.96. The molecule has 0 radical (unpaired) electrons. The third-order valence-electron chi connectivity index (χ3n) is 4.10. The first kappa shape index (κ1) is 15.8. The highest BCUT2D eigenvalue weighted by molar-refractivity contribution is 5.84. The van der Waals surface area contributed by atoms with Gasteiger partial charge in [0.25, 0.3) is 0 Å². The number of nitrogens with one attached hydrogen (secondary N) is 1. The van der Waals surface area contributed by atoms with E-state index in [-0.39, 0.29) is 11.7 Å². The van der Waals surface area contributed by atoms with Gasteiger partial charge in [0.1, 0.15) is 5.82 Å². The molecule has 0 bridgehead atoms. The molecule has 2 rings (SSSR count). The van der Waals surface area contributed by atoms with E-state index in [9.17, 15) is 9.18 Å². The molecule has 1 fully saturated rings. The van der Waals surface area contributed by atoms with E-state index in [0.29, 0.717) is 19.0 Å². The quantitative estimate of drug-likeness (QED) is 0.771. The molecule has 1 aliphatic carbocycles. The van der Waals surface area contributed by atoms with E-state index >= 15 is 0 Å². The van der Waals surface area contributed by atoms with Crippen molar-refractivity contribution in [1.82, 2.24) is 5.32 Å². The molecule has 0 aliphatic heterocycles. The van der Waals surface area contributed by atoms with Crippen molar-refractivity contribution in [2.75, 3.05) is 18.0 Å². The molecule has 5 heteroatoms. The van der Waals surface area contributed by atoms with Crippen molar-refractivity contribution >= 4 is 11.6 Å². The molecule has 1 saturated carbocycles. The Bertz CT molecular complexity index is 487. The van der Waals surface area contributed by atoms with Crippen LogP contribution in [0.2, 0.25) is 0 Å². The van der Waals surface area contributed by atoms with Crippen LogP contribution in [0, 0.1) is 5.82 Å². The zero-order chi connectivity index (χ0) is 15.5. The fraction of sp³-hybridized carbons (Fsp3) is 0.562. The van der Waals surface area contributed by atoms with Crippen LogP contribution in [0.3, 0.4) is 0 Å². The molecule has 1 aliphatic rings. The Balaban J connectivity index is 2.00. The summed E-state index contributed by atoms with van der Waals surface area (Å²) in [5.41, 5.74) is 5.83. The summed E-state index contributed by atoms with van der Waals surface area (Å²) in [4.78, 5) is 13.9. The van der Waals surface area contributed by atoms with Crippen molar-refractivity contribution in [1.29, 1.82) is 0 Å². The van der Waals surface area contributed by atoms with Gasteiger partial charge >= 0.3 is 0 Å². The summed E-state index contributed by atoms with van der Waals surface area (Å²) in [5, 5.41) is 3.35. The minimum Gasteiger partial charge on any atom is -0.372 e. The number of halogens is 1. The molecular weight excluding hydrogens is 269 g/mol. The largest absolute Gasteiger partial charge is 0.372 e. The monoisotopic (exact) mass is 293 g/mol. The molecule has 0 spiro atoms. The molecule has 1 aromatic carbocycles. The van der Waals surface area contributed by atoms with Gasteiger partial charge < -0.3 is 16.0 Å². The topological polar surface area (TPSA) is 58.4 Å². The summed E-state index contributed by atoms with van der Waals surface area (Å²) >= 11 is 0. The molecule has 4 nitrogen and oxygen atoms in total. The number of hydrogen-bond acceptors (Lipinski definition) is 3. The second-order valence-corrected chi connectivity index (χ2v) is 5.92. The van der Waals surface area contributed by atoms with Crippen LogP contribution in [-0.2, 0) is 4.79 Å². The van der Waals surface area contributed by atoms with Crippen molar-refractivity contribution in [3.05, 3.63) is 30.1 Å².